The maximum absolute atomic E-state index is 10.9. The molecule has 0 aromatic heterocycles. The Morgan fingerprint density at radius 2 is 2.12 bits per heavy atom. The lowest BCUT2D eigenvalue weighted by Crippen LogP contribution is -2.05. The fourth-order valence-electron chi connectivity index (χ4n) is 1.42. The van der Waals surface area contributed by atoms with Crippen molar-refractivity contribution in [3.05, 3.63) is 34.3 Å². The zero-order valence-electron chi connectivity index (χ0n) is 9.06. The molecule has 5 heteroatoms. The van der Waals surface area contributed by atoms with E-state index in [9.17, 15) is 13.5 Å². The number of sulfone groups is 1. The van der Waals surface area contributed by atoms with Gasteiger partial charge in [-0.3, -0.25) is 0 Å². The van der Waals surface area contributed by atoms with Gasteiger partial charge in [-0.25, -0.2) is 8.42 Å². The van der Waals surface area contributed by atoms with Gasteiger partial charge >= 0.3 is 0 Å². The quantitative estimate of drug-likeness (QED) is 0.908. The van der Waals surface area contributed by atoms with Crippen LogP contribution in [0.1, 0.15) is 24.5 Å². The molecule has 0 saturated carbocycles. The van der Waals surface area contributed by atoms with Crippen molar-refractivity contribution < 1.29 is 13.5 Å². The number of benzene rings is 1. The fraction of sp³-hybridized carbons (Fsp3) is 0.455. The third-order valence-corrected chi connectivity index (χ3v) is 3.75. The second-order valence-corrected chi connectivity index (χ2v) is 7.02. The van der Waals surface area contributed by atoms with Crippen LogP contribution in [0.3, 0.4) is 0 Å². The SMILES string of the molecule is CS(=O)(=O)CCCC(O)c1cccc(Br)c1. The first kappa shape index (κ1) is 13.7. The van der Waals surface area contributed by atoms with Crippen LogP contribution >= 0.6 is 15.9 Å². The molecule has 0 radical (unpaired) electrons. The van der Waals surface area contributed by atoms with Gasteiger partial charge in [-0.05, 0) is 30.5 Å². The Morgan fingerprint density at radius 3 is 2.69 bits per heavy atom. The van der Waals surface area contributed by atoms with E-state index in [0.717, 1.165) is 10.0 Å². The lowest BCUT2D eigenvalue weighted by atomic mass is 10.1. The molecular weight excluding hydrogens is 292 g/mol. The minimum absolute atomic E-state index is 0.123. The molecule has 0 spiro atoms. The molecule has 0 heterocycles. The maximum atomic E-state index is 10.9. The zero-order valence-corrected chi connectivity index (χ0v) is 11.5. The third-order valence-electron chi connectivity index (χ3n) is 2.23. The van der Waals surface area contributed by atoms with Crippen molar-refractivity contribution in [2.75, 3.05) is 12.0 Å². The molecular formula is C11H15BrO3S. The van der Waals surface area contributed by atoms with Crippen LogP contribution in [0.25, 0.3) is 0 Å². The minimum atomic E-state index is -2.93. The van der Waals surface area contributed by atoms with Gasteiger partial charge in [0, 0.05) is 16.5 Å². The molecule has 90 valence electrons. The Kier molecular flexibility index (Phi) is 4.95. The monoisotopic (exact) mass is 306 g/mol. The predicted octanol–water partition coefficient (Wildman–Crippen LogP) is 2.31. The zero-order chi connectivity index (χ0) is 12.2. The van der Waals surface area contributed by atoms with Crippen molar-refractivity contribution in [1.82, 2.24) is 0 Å². The fourth-order valence-corrected chi connectivity index (χ4v) is 2.53. The molecule has 1 unspecified atom stereocenters. The van der Waals surface area contributed by atoms with Crippen molar-refractivity contribution in [3.8, 4) is 0 Å². The minimum Gasteiger partial charge on any atom is -0.388 e. The molecule has 1 rings (SSSR count). The highest BCUT2D eigenvalue weighted by molar-refractivity contribution is 9.10. The number of halogens is 1. The van der Waals surface area contributed by atoms with Crippen LogP contribution in [0, 0.1) is 0 Å². The normalized spacial score (nSPS) is 13.7. The first-order valence-corrected chi connectivity index (χ1v) is 7.85. The lowest BCUT2D eigenvalue weighted by Gasteiger charge is -2.10. The Labute approximate surface area is 105 Å². The second-order valence-electron chi connectivity index (χ2n) is 3.84. The van der Waals surface area contributed by atoms with E-state index in [0.29, 0.717) is 12.8 Å². The Morgan fingerprint density at radius 1 is 1.44 bits per heavy atom. The Hall–Kier alpha value is -0.390. The van der Waals surface area contributed by atoms with Crippen LogP contribution in [-0.2, 0) is 9.84 Å². The van der Waals surface area contributed by atoms with Gasteiger partial charge in [0.1, 0.15) is 9.84 Å². The Balaban J connectivity index is 2.50. The van der Waals surface area contributed by atoms with E-state index in [4.69, 9.17) is 0 Å². The van der Waals surface area contributed by atoms with E-state index in [1.54, 1.807) is 0 Å². The van der Waals surface area contributed by atoms with Crippen molar-refractivity contribution >= 4 is 25.8 Å². The molecule has 0 aliphatic rings. The summed E-state index contributed by atoms with van der Waals surface area (Å²) in [6, 6.07) is 7.40. The summed E-state index contributed by atoms with van der Waals surface area (Å²) in [5.41, 5.74) is 0.808. The first-order valence-electron chi connectivity index (χ1n) is 5.00. The van der Waals surface area contributed by atoms with Gasteiger partial charge < -0.3 is 5.11 Å². The summed E-state index contributed by atoms with van der Waals surface area (Å²) < 4.78 is 22.7. The summed E-state index contributed by atoms with van der Waals surface area (Å²) in [5, 5.41) is 9.83. The highest BCUT2D eigenvalue weighted by Crippen LogP contribution is 2.21. The molecule has 1 aromatic rings. The molecule has 0 saturated heterocycles. The number of aliphatic hydroxyl groups excluding tert-OH is 1. The number of aliphatic hydroxyl groups is 1. The van der Waals surface area contributed by atoms with Gasteiger partial charge in [0.25, 0.3) is 0 Å². The van der Waals surface area contributed by atoms with Crippen molar-refractivity contribution in [3.63, 3.8) is 0 Å². The van der Waals surface area contributed by atoms with Gasteiger partial charge in [0.15, 0.2) is 0 Å². The van der Waals surface area contributed by atoms with E-state index >= 15 is 0 Å². The van der Waals surface area contributed by atoms with Crippen LogP contribution in [-0.4, -0.2) is 25.5 Å². The molecule has 0 aliphatic carbocycles. The lowest BCUT2D eigenvalue weighted by molar-refractivity contribution is 0.166. The molecule has 1 aromatic carbocycles. The number of rotatable bonds is 5. The van der Waals surface area contributed by atoms with Crippen LogP contribution in [0.15, 0.2) is 28.7 Å². The van der Waals surface area contributed by atoms with E-state index < -0.39 is 15.9 Å². The highest BCUT2D eigenvalue weighted by Gasteiger charge is 2.09. The summed E-state index contributed by atoms with van der Waals surface area (Å²) in [6.45, 7) is 0. The van der Waals surface area contributed by atoms with E-state index in [-0.39, 0.29) is 5.75 Å². The molecule has 0 fully saturated rings. The predicted molar refractivity (Wildman–Crippen MR) is 68.0 cm³/mol. The third kappa shape index (κ3) is 5.09. The molecule has 1 N–H and O–H groups in total. The van der Waals surface area contributed by atoms with E-state index in [2.05, 4.69) is 15.9 Å². The molecule has 0 aliphatic heterocycles. The van der Waals surface area contributed by atoms with Gasteiger partial charge in [0.05, 0.1) is 6.10 Å². The summed E-state index contributed by atoms with van der Waals surface area (Å²) in [7, 11) is -2.93. The highest BCUT2D eigenvalue weighted by atomic mass is 79.9. The van der Waals surface area contributed by atoms with Gasteiger partial charge in [0.2, 0.25) is 0 Å². The van der Waals surface area contributed by atoms with Crippen molar-refractivity contribution in [1.29, 1.82) is 0 Å². The Bertz CT molecular complexity index is 442. The molecule has 1 atom stereocenters. The summed E-state index contributed by atoms with van der Waals surface area (Å²) in [4.78, 5) is 0. The van der Waals surface area contributed by atoms with E-state index in [1.165, 1.54) is 6.26 Å². The largest absolute Gasteiger partial charge is 0.388 e. The molecule has 0 bridgehead atoms. The topological polar surface area (TPSA) is 54.4 Å². The van der Waals surface area contributed by atoms with Crippen LogP contribution in [0.4, 0.5) is 0 Å². The molecule has 16 heavy (non-hydrogen) atoms. The van der Waals surface area contributed by atoms with Crippen LogP contribution in [0.5, 0.6) is 0 Å². The summed E-state index contributed by atoms with van der Waals surface area (Å²) >= 11 is 3.32. The van der Waals surface area contributed by atoms with Crippen molar-refractivity contribution in [2.24, 2.45) is 0 Å². The number of hydrogen-bond donors (Lipinski definition) is 1. The van der Waals surface area contributed by atoms with Crippen LogP contribution in [0.2, 0.25) is 0 Å². The molecule has 0 amide bonds. The van der Waals surface area contributed by atoms with Gasteiger partial charge in [-0.15, -0.1) is 0 Å². The summed E-state index contributed by atoms with van der Waals surface area (Å²) in [6.07, 6.45) is 1.55. The average Bonchev–Trinajstić information content (AvgIpc) is 2.15. The second kappa shape index (κ2) is 5.80. The van der Waals surface area contributed by atoms with E-state index in [1.807, 2.05) is 24.3 Å². The van der Waals surface area contributed by atoms with Gasteiger partial charge in [-0.1, -0.05) is 28.1 Å². The smallest absolute Gasteiger partial charge is 0.147 e. The van der Waals surface area contributed by atoms with Gasteiger partial charge in [-0.2, -0.15) is 0 Å². The summed E-state index contributed by atoms with van der Waals surface area (Å²) in [5.74, 6) is 0.123. The van der Waals surface area contributed by atoms with Crippen LogP contribution < -0.4 is 0 Å². The first-order chi connectivity index (χ1) is 7.38. The maximum Gasteiger partial charge on any atom is 0.147 e. The van der Waals surface area contributed by atoms with Crippen molar-refractivity contribution in [2.45, 2.75) is 18.9 Å². The number of hydrogen-bond acceptors (Lipinski definition) is 3. The average molecular weight is 307 g/mol. The standard InChI is InChI=1S/C11H15BrO3S/c1-16(14,15)7-3-6-11(13)9-4-2-5-10(12)8-9/h2,4-5,8,11,13H,3,6-7H2,1H3. The molecule has 3 nitrogen and oxygen atoms in total.